The standard InChI is InChI=1S/C17H16BrN3O5/c1-10(2)26-15-6-4-3-5-13(15)17(23)20-19-9-11-7-12(18)8-14(16(11)22)21(24)25/h3-10,22H,1-2H3,(H,20,23). The molecular formula is C17H16BrN3O5. The Hall–Kier alpha value is -2.94. The smallest absolute Gasteiger partial charge is 0.312 e. The number of halogens is 1. The van der Waals surface area contributed by atoms with Crippen LogP contribution in [0.15, 0.2) is 46.0 Å². The summed E-state index contributed by atoms with van der Waals surface area (Å²) in [6, 6.07) is 9.30. The number of benzene rings is 2. The number of hydrogen-bond donors (Lipinski definition) is 2. The van der Waals surface area contributed by atoms with Crippen LogP contribution in [0.2, 0.25) is 0 Å². The van der Waals surface area contributed by atoms with Crippen LogP contribution in [0.1, 0.15) is 29.8 Å². The van der Waals surface area contributed by atoms with Crippen molar-refractivity contribution in [1.29, 1.82) is 0 Å². The first-order valence-corrected chi connectivity index (χ1v) is 8.35. The van der Waals surface area contributed by atoms with Gasteiger partial charge >= 0.3 is 5.69 Å². The van der Waals surface area contributed by atoms with Gasteiger partial charge in [0.05, 0.1) is 22.8 Å². The Morgan fingerprint density at radius 3 is 2.73 bits per heavy atom. The third-order valence-electron chi connectivity index (χ3n) is 3.14. The van der Waals surface area contributed by atoms with E-state index in [1.165, 1.54) is 12.1 Å². The average molecular weight is 422 g/mol. The van der Waals surface area contributed by atoms with Crippen molar-refractivity contribution < 1.29 is 19.6 Å². The molecule has 0 aliphatic rings. The number of rotatable bonds is 6. The van der Waals surface area contributed by atoms with E-state index in [0.717, 1.165) is 6.21 Å². The number of amides is 1. The normalized spacial score (nSPS) is 10.9. The second-order valence-electron chi connectivity index (χ2n) is 5.48. The minimum Gasteiger partial charge on any atom is -0.502 e. The Labute approximate surface area is 157 Å². The number of phenolic OH excluding ortho intramolecular Hbond substituents is 1. The summed E-state index contributed by atoms with van der Waals surface area (Å²) in [5.74, 6) is -0.641. The van der Waals surface area contributed by atoms with Gasteiger partial charge in [0.2, 0.25) is 5.75 Å². The van der Waals surface area contributed by atoms with Crippen LogP contribution in [0.5, 0.6) is 11.5 Å². The first kappa shape index (κ1) is 19.4. The van der Waals surface area contributed by atoms with Gasteiger partial charge in [0.25, 0.3) is 5.91 Å². The van der Waals surface area contributed by atoms with Gasteiger partial charge in [0, 0.05) is 16.1 Å². The maximum absolute atomic E-state index is 12.3. The van der Waals surface area contributed by atoms with Gasteiger partial charge < -0.3 is 9.84 Å². The molecule has 136 valence electrons. The molecule has 0 spiro atoms. The number of carbonyl (C=O) groups excluding carboxylic acids is 1. The number of phenols is 1. The summed E-state index contributed by atoms with van der Waals surface area (Å²) < 4.78 is 5.97. The van der Waals surface area contributed by atoms with E-state index in [4.69, 9.17) is 4.74 Å². The average Bonchev–Trinajstić information content (AvgIpc) is 2.57. The zero-order chi connectivity index (χ0) is 19.3. The lowest BCUT2D eigenvalue weighted by Crippen LogP contribution is -2.19. The minimum atomic E-state index is -0.713. The second kappa shape index (κ2) is 8.43. The van der Waals surface area contributed by atoms with Crippen molar-refractivity contribution in [3.8, 4) is 11.5 Å². The van der Waals surface area contributed by atoms with Crippen LogP contribution in [0.25, 0.3) is 0 Å². The molecule has 0 fully saturated rings. The minimum absolute atomic E-state index is 0.0816. The van der Waals surface area contributed by atoms with Gasteiger partial charge in [-0.05, 0) is 32.0 Å². The monoisotopic (exact) mass is 421 g/mol. The zero-order valence-electron chi connectivity index (χ0n) is 14.0. The number of hydrazone groups is 1. The molecule has 26 heavy (non-hydrogen) atoms. The van der Waals surface area contributed by atoms with Crippen LogP contribution in [0.3, 0.4) is 0 Å². The molecule has 2 N–H and O–H groups in total. The lowest BCUT2D eigenvalue weighted by molar-refractivity contribution is -0.385. The van der Waals surface area contributed by atoms with Crippen molar-refractivity contribution in [2.45, 2.75) is 20.0 Å². The molecule has 0 bridgehead atoms. The Morgan fingerprint density at radius 2 is 2.08 bits per heavy atom. The maximum atomic E-state index is 12.3. The number of ether oxygens (including phenoxy) is 1. The van der Waals surface area contributed by atoms with Gasteiger partial charge in [0.1, 0.15) is 5.75 Å². The topological polar surface area (TPSA) is 114 Å². The lowest BCUT2D eigenvalue weighted by Gasteiger charge is -2.12. The highest BCUT2D eigenvalue weighted by Gasteiger charge is 2.18. The van der Waals surface area contributed by atoms with Gasteiger partial charge in [-0.3, -0.25) is 14.9 Å². The van der Waals surface area contributed by atoms with E-state index < -0.39 is 22.3 Å². The second-order valence-corrected chi connectivity index (χ2v) is 6.40. The third-order valence-corrected chi connectivity index (χ3v) is 3.60. The molecule has 0 aliphatic carbocycles. The van der Waals surface area contributed by atoms with Crippen molar-refractivity contribution in [3.05, 3.63) is 62.1 Å². The largest absolute Gasteiger partial charge is 0.502 e. The van der Waals surface area contributed by atoms with Crippen LogP contribution >= 0.6 is 15.9 Å². The molecule has 0 aliphatic heterocycles. The number of para-hydroxylation sites is 1. The van der Waals surface area contributed by atoms with Crippen LogP contribution in [-0.2, 0) is 0 Å². The predicted octanol–water partition coefficient (Wildman–Crippen LogP) is 3.61. The van der Waals surface area contributed by atoms with E-state index in [9.17, 15) is 20.0 Å². The summed E-state index contributed by atoms with van der Waals surface area (Å²) in [6.45, 7) is 3.69. The van der Waals surface area contributed by atoms with Crippen LogP contribution in [0, 0.1) is 10.1 Å². The lowest BCUT2D eigenvalue weighted by atomic mass is 10.2. The summed E-state index contributed by atoms with van der Waals surface area (Å²) in [4.78, 5) is 22.5. The summed E-state index contributed by atoms with van der Waals surface area (Å²) >= 11 is 3.12. The van der Waals surface area contributed by atoms with Gasteiger partial charge in [0.15, 0.2) is 0 Å². The fourth-order valence-corrected chi connectivity index (χ4v) is 2.54. The van der Waals surface area contributed by atoms with E-state index in [1.54, 1.807) is 24.3 Å². The molecule has 0 saturated carbocycles. The summed E-state index contributed by atoms with van der Waals surface area (Å²) in [6.07, 6.45) is 1.02. The summed E-state index contributed by atoms with van der Waals surface area (Å²) in [5, 5.41) is 24.6. The Bertz CT molecular complexity index is 867. The van der Waals surface area contributed by atoms with Crippen LogP contribution < -0.4 is 10.2 Å². The highest BCUT2D eigenvalue weighted by molar-refractivity contribution is 9.10. The molecular weight excluding hydrogens is 406 g/mol. The fourth-order valence-electron chi connectivity index (χ4n) is 2.07. The van der Waals surface area contributed by atoms with Crippen molar-refractivity contribution in [3.63, 3.8) is 0 Å². The van der Waals surface area contributed by atoms with Crippen molar-refractivity contribution >= 4 is 33.7 Å². The molecule has 2 aromatic rings. The molecule has 0 atom stereocenters. The summed E-state index contributed by atoms with van der Waals surface area (Å²) in [5.41, 5.74) is 2.22. The number of nitrogens with zero attached hydrogens (tertiary/aromatic N) is 2. The Morgan fingerprint density at radius 1 is 1.38 bits per heavy atom. The van der Waals surface area contributed by atoms with Crippen molar-refractivity contribution in [2.24, 2.45) is 5.10 Å². The first-order chi connectivity index (χ1) is 12.3. The number of aromatic hydroxyl groups is 1. The van der Waals surface area contributed by atoms with Gasteiger partial charge in [-0.15, -0.1) is 0 Å². The highest BCUT2D eigenvalue weighted by atomic mass is 79.9. The predicted molar refractivity (Wildman–Crippen MR) is 99.7 cm³/mol. The molecule has 1 amide bonds. The molecule has 2 rings (SSSR count). The molecule has 8 nitrogen and oxygen atoms in total. The molecule has 0 unspecified atom stereocenters. The highest BCUT2D eigenvalue weighted by Crippen LogP contribution is 2.32. The number of carbonyl (C=O) groups is 1. The van der Waals surface area contributed by atoms with E-state index in [1.807, 2.05) is 13.8 Å². The Balaban J connectivity index is 2.19. The first-order valence-electron chi connectivity index (χ1n) is 7.55. The van der Waals surface area contributed by atoms with E-state index >= 15 is 0 Å². The van der Waals surface area contributed by atoms with Crippen molar-refractivity contribution in [2.75, 3.05) is 0 Å². The SMILES string of the molecule is CC(C)Oc1ccccc1C(=O)NN=Cc1cc(Br)cc([N+](=O)[O-])c1O. The molecule has 0 saturated heterocycles. The fraction of sp³-hybridized carbons (Fsp3) is 0.176. The van der Waals surface area contributed by atoms with Crippen molar-refractivity contribution in [1.82, 2.24) is 5.43 Å². The maximum Gasteiger partial charge on any atom is 0.312 e. The van der Waals surface area contributed by atoms with E-state index in [-0.39, 0.29) is 11.7 Å². The Kier molecular flexibility index (Phi) is 6.29. The van der Waals surface area contributed by atoms with E-state index in [0.29, 0.717) is 15.8 Å². The van der Waals surface area contributed by atoms with E-state index in [2.05, 4.69) is 26.5 Å². The number of nitro benzene ring substituents is 1. The third kappa shape index (κ3) is 4.79. The van der Waals surface area contributed by atoms with Gasteiger partial charge in [-0.2, -0.15) is 5.10 Å². The summed E-state index contributed by atoms with van der Waals surface area (Å²) in [7, 11) is 0. The van der Waals surface area contributed by atoms with Gasteiger partial charge in [-0.1, -0.05) is 28.1 Å². The number of hydrogen-bond acceptors (Lipinski definition) is 6. The quantitative estimate of drug-likeness (QED) is 0.419. The molecule has 0 radical (unpaired) electrons. The number of nitro groups is 1. The molecule has 0 heterocycles. The molecule has 0 aromatic heterocycles. The van der Waals surface area contributed by atoms with Crippen LogP contribution in [-0.4, -0.2) is 28.3 Å². The zero-order valence-corrected chi connectivity index (χ0v) is 15.6. The van der Waals surface area contributed by atoms with Gasteiger partial charge in [-0.25, -0.2) is 5.43 Å². The molecule has 2 aromatic carbocycles. The molecule has 9 heteroatoms. The van der Waals surface area contributed by atoms with Crippen LogP contribution in [0.4, 0.5) is 5.69 Å². The number of nitrogens with one attached hydrogen (secondary N) is 1.